The second-order valence-corrected chi connectivity index (χ2v) is 7.15. The lowest BCUT2D eigenvalue weighted by Crippen LogP contribution is -2.35. The van der Waals surface area contributed by atoms with Gasteiger partial charge in [0.2, 0.25) is 0 Å². The van der Waals surface area contributed by atoms with E-state index in [1.807, 2.05) is 0 Å². The van der Waals surface area contributed by atoms with Gasteiger partial charge in [-0.15, -0.1) is 0 Å². The third-order valence-corrected chi connectivity index (χ3v) is 5.30. The van der Waals surface area contributed by atoms with Crippen molar-refractivity contribution in [2.24, 2.45) is 17.8 Å². The highest BCUT2D eigenvalue weighted by Gasteiger charge is 2.38. The van der Waals surface area contributed by atoms with E-state index in [4.69, 9.17) is 9.47 Å². The first-order valence-corrected chi connectivity index (χ1v) is 9.55. The molecule has 4 heteroatoms. The summed E-state index contributed by atoms with van der Waals surface area (Å²) in [5.41, 5.74) is 0. The van der Waals surface area contributed by atoms with Crippen molar-refractivity contribution >= 4 is 11.9 Å². The van der Waals surface area contributed by atoms with Crippen molar-refractivity contribution in [1.82, 2.24) is 0 Å². The Balaban J connectivity index is 1.81. The minimum absolute atomic E-state index is 0.173. The number of hydrogen-bond acceptors (Lipinski definition) is 4. The molecule has 0 aromatic rings. The fourth-order valence-electron chi connectivity index (χ4n) is 3.78. The van der Waals surface area contributed by atoms with E-state index >= 15 is 0 Å². The smallest absolute Gasteiger partial charge is 0.309 e. The minimum Gasteiger partial charge on any atom is -0.465 e. The summed E-state index contributed by atoms with van der Waals surface area (Å²) in [6.07, 6.45) is 11.5. The molecule has 23 heavy (non-hydrogen) atoms. The molecule has 0 aromatic heterocycles. The molecule has 2 fully saturated rings. The average Bonchev–Trinajstić information content (AvgIpc) is 2.60. The molecule has 0 N–H and O–H groups in total. The Morgan fingerprint density at radius 2 is 1.39 bits per heavy atom. The van der Waals surface area contributed by atoms with E-state index in [2.05, 4.69) is 6.92 Å². The Morgan fingerprint density at radius 1 is 0.826 bits per heavy atom. The highest BCUT2D eigenvalue weighted by Crippen LogP contribution is 2.32. The monoisotopic (exact) mass is 324 g/mol. The molecular weight excluding hydrogens is 292 g/mol. The van der Waals surface area contributed by atoms with Crippen LogP contribution in [0.3, 0.4) is 0 Å². The fourth-order valence-corrected chi connectivity index (χ4v) is 3.78. The van der Waals surface area contributed by atoms with Crippen LogP contribution in [0.15, 0.2) is 0 Å². The Labute approximate surface area is 140 Å². The lowest BCUT2D eigenvalue weighted by atomic mass is 9.79. The number of rotatable bonds is 7. The standard InChI is InChI=1S/C19H32O4/c1-2-3-13-22-18(20)16-11-7-8-12-17(16)19(21)23-14-15-9-5-4-6-10-15/h15-17H,2-14H2,1H3/t16-,17+/m1/s1. The van der Waals surface area contributed by atoms with Crippen molar-refractivity contribution < 1.29 is 19.1 Å². The van der Waals surface area contributed by atoms with Gasteiger partial charge in [-0.25, -0.2) is 0 Å². The summed E-state index contributed by atoms with van der Waals surface area (Å²) in [6.45, 7) is 3.07. The summed E-state index contributed by atoms with van der Waals surface area (Å²) in [6, 6.07) is 0. The van der Waals surface area contributed by atoms with Gasteiger partial charge in [-0.05, 0) is 38.0 Å². The molecule has 0 saturated heterocycles. The van der Waals surface area contributed by atoms with Crippen molar-refractivity contribution in [3.8, 4) is 0 Å². The van der Waals surface area contributed by atoms with Crippen molar-refractivity contribution in [2.45, 2.75) is 77.6 Å². The summed E-state index contributed by atoms with van der Waals surface area (Å²) in [5, 5.41) is 0. The first-order chi connectivity index (χ1) is 11.2. The maximum Gasteiger partial charge on any atom is 0.309 e. The summed E-state index contributed by atoms with van der Waals surface area (Å²) in [4.78, 5) is 24.7. The summed E-state index contributed by atoms with van der Waals surface area (Å²) >= 11 is 0. The molecule has 0 spiro atoms. The van der Waals surface area contributed by atoms with Gasteiger partial charge in [-0.1, -0.05) is 45.4 Å². The summed E-state index contributed by atoms with van der Waals surface area (Å²) < 4.78 is 10.9. The van der Waals surface area contributed by atoms with E-state index in [-0.39, 0.29) is 23.8 Å². The van der Waals surface area contributed by atoms with Crippen LogP contribution >= 0.6 is 0 Å². The second-order valence-electron chi connectivity index (χ2n) is 7.15. The molecule has 2 saturated carbocycles. The Morgan fingerprint density at radius 3 is 2.00 bits per heavy atom. The first kappa shape index (κ1) is 18.3. The van der Waals surface area contributed by atoms with Crippen LogP contribution < -0.4 is 0 Å². The van der Waals surface area contributed by atoms with Crippen LogP contribution in [0.5, 0.6) is 0 Å². The van der Waals surface area contributed by atoms with Crippen LogP contribution in [0.2, 0.25) is 0 Å². The van der Waals surface area contributed by atoms with Crippen LogP contribution in [0.4, 0.5) is 0 Å². The largest absolute Gasteiger partial charge is 0.465 e. The molecule has 0 unspecified atom stereocenters. The Bertz CT molecular complexity index is 374. The van der Waals surface area contributed by atoms with Gasteiger partial charge in [-0.3, -0.25) is 9.59 Å². The Kier molecular flexibility index (Phi) is 7.90. The van der Waals surface area contributed by atoms with E-state index in [1.54, 1.807) is 0 Å². The molecule has 2 atom stereocenters. The quantitative estimate of drug-likeness (QED) is 0.518. The predicted molar refractivity (Wildman–Crippen MR) is 88.8 cm³/mol. The minimum atomic E-state index is -0.292. The zero-order valence-corrected chi connectivity index (χ0v) is 14.6. The molecule has 2 aliphatic carbocycles. The van der Waals surface area contributed by atoms with Gasteiger partial charge in [0, 0.05) is 0 Å². The molecule has 0 aromatic carbocycles. The van der Waals surface area contributed by atoms with E-state index < -0.39 is 0 Å². The molecule has 0 amide bonds. The van der Waals surface area contributed by atoms with E-state index in [0.29, 0.717) is 19.1 Å². The van der Waals surface area contributed by atoms with Crippen LogP contribution in [0.25, 0.3) is 0 Å². The second kappa shape index (κ2) is 9.94. The van der Waals surface area contributed by atoms with Crippen LogP contribution in [0, 0.1) is 17.8 Å². The third-order valence-electron chi connectivity index (χ3n) is 5.30. The van der Waals surface area contributed by atoms with Gasteiger partial charge in [0.1, 0.15) is 0 Å². The first-order valence-electron chi connectivity index (χ1n) is 9.55. The zero-order valence-electron chi connectivity index (χ0n) is 14.6. The van der Waals surface area contributed by atoms with Crippen LogP contribution in [-0.4, -0.2) is 25.2 Å². The topological polar surface area (TPSA) is 52.6 Å². The third kappa shape index (κ3) is 5.82. The number of carbonyl (C=O) groups is 2. The summed E-state index contributed by atoms with van der Waals surface area (Å²) in [5.74, 6) is -0.433. The number of carbonyl (C=O) groups excluding carboxylic acids is 2. The number of esters is 2. The molecule has 0 heterocycles. The lowest BCUT2D eigenvalue weighted by Gasteiger charge is -2.29. The Hall–Kier alpha value is -1.06. The number of ether oxygens (including phenoxy) is 2. The summed E-state index contributed by atoms with van der Waals surface area (Å²) in [7, 11) is 0. The normalized spacial score (nSPS) is 25.8. The molecule has 2 rings (SSSR count). The lowest BCUT2D eigenvalue weighted by molar-refractivity contribution is -0.163. The number of unbranched alkanes of at least 4 members (excludes halogenated alkanes) is 1. The van der Waals surface area contributed by atoms with Gasteiger partial charge in [0.05, 0.1) is 25.0 Å². The van der Waals surface area contributed by atoms with Crippen LogP contribution in [0.1, 0.15) is 77.6 Å². The molecule has 4 nitrogen and oxygen atoms in total. The zero-order chi connectivity index (χ0) is 16.5. The molecule has 2 aliphatic rings. The number of hydrogen-bond donors (Lipinski definition) is 0. The predicted octanol–water partition coefficient (Wildman–Crippen LogP) is 4.26. The van der Waals surface area contributed by atoms with Crippen molar-refractivity contribution in [3.05, 3.63) is 0 Å². The molecule has 0 bridgehead atoms. The molecular formula is C19H32O4. The van der Waals surface area contributed by atoms with Crippen molar-refractivity contribution in [1.29, 1.82) is 0 Å². The van der Waals surface area contributed by atoms with Crippen molar-refractivity contribution in [2.75, 3.05) is 13.2 Å². The fraction of sp³-hybridized carbons (Fsp3) is 0.895. The van der Waals surface area contributed by atoms with E-state index in [9.17, 15) is 9.59 Å². The van der Waals surface area contributed by atoms with Gasteiger partial charge in [0.25, 0.3) is 0 Å². The van der Waals surface area contributed by atoms with E-state index in [0.717, 1.165) is 38.5 Å². The molecule has 132 valence electrons. The van der Waals surface area contributed by atoms with E-state index in [1.165, 1.54) is 32.1 Å². The highest BCUT2D eigenvalue weighted by molar-refractivity contribution is 5.82. The highest BCUT2D eigenvalue weighted by atomic mass is 16.5. The van der Waals surface area contributed by atoms with Gasteiger partial charge < -0.3 is 9.47 Å². The average molecular weight is 324 g/mol. The van der Waals surface area contributed by atoms with Gasteiger partial charge in [0.15, 0.2) is 0 Å². The molecule has 0 aliphatic heterocycles. The van der Waals surface area contributed by atoms with Gasteiger partial charge in [-0.2, -0.15) is 0 Å². The maximum absolute atomic E-state index is 12.5. The maximum atomic E-state index is 12.5. The SMILES string of the molecule is CCCCOC(=O)[C@@H]1CCCC[C@@H]1C(=O)OCC1CCCCC1. The van der Waals surface area contributed by atoms with Crippen LogP contribution in [-0.2, 0) is 19.1 Å². The van der Waals surface area contributed by atoms with Gasteiger partial charge >= 0.3 is 11.9 Å². The van der Waals surface area contributed by atoms with Crippen molar-refractivity contribution in [3.63, 3.8) is 0 Å². The molecule has 0 radical (unpaired) electrons.